The lowest BCUT2D eigenvalue weighted by Crippen LogP contribution is -2.47. The first kappa shape index (κ1) is 15.0. The number of nitrogens with zero attached hydrogens (tertiary/aromatic N) is 4. The summed E-state index contributed by atoms with van der Waals surface area (Å²) in [4.78, 5) is 21.6. The third-order valence-electron chi connectivity index (χ3n) is 5.01. The van der Waals surface area contributed by atoms with Crippen LogP contribution in [0.4, 0.5) is 0 Å². The number of carbonyl (C=O) groups is 1. The smallest absolute Gasteiger partial charge is 0.272 e. The Morgan fingerprint density at radius 3 is 2.64 bits per heavy atom. The summed E-state index contributed by atoms with van der Waals surface area (Å²) in [6, 6.07) is 6.26. The van der Waals surface area contributed by atoms with Gasteiger partial charge < -0.3 is 9.80 Å². The third kappa shape index (κ3) is 2.59. The molecular weight excluding hydrogens is 276 g/mol. The summed E-state index contributed by atoms with van der Waals surface area (Å²) >= 11 is 0. The number of hydrogen-bond donors (Lipinski definition) is 0. The van der Waals surface area contributed by atoms with Crippen molar-refractivity contribution >= 4 is 5.91 Å². The summed E-state index contributed by atoms with van der Waals surface area (Å²) in [7, 11) is 2.16. The molecule has 116 valence electrons. The Morgan fingerprint density at radius 1 is 1.27 bits per heavy atom. The van der Waals surface area contributed by atoms with E-state index < -0.39 is 0 Å². The Labute approximate surface area is 131 Å². The number of amides is 1. The van der Waals surface area contributed by atoms with Gasteiger partial charge in [0.25, 0.3) is 5.91 Å². The first-order valence-corrected chi connectivity index (χ1v) is 8.01. The molecule has 5 nitrogen and oxygen atoms in total. The van der Waals surface area contributed by atoms with Crippen LogP contribution in [0.2, 0.25) is 0 Å². The molecule has 3 heterocycles. The van der Waals surface area contributed by atoms with Gasteiger partial charge in [-0.05, 0) is 58.3 Å². The highest BCUT2D eigenvalue weighted by Gasteiger charge is 2.38. The van der Waals surface area contributed by atoms with E-state index in [1.165, 1.54) is 12.8 Å². The van der Waals surface area contributed by atoms with Gasteiger partial charge in [0.2, 0.25) is 0 Å². The molecule has 22 heavy (non-hydrogen) atoms. The Kier molecular flexibility index (Phi) is 4.12. The molecular formula is C17H22N4O. The number of hydrogen-bond acceptors (Lipinski definition) is 4. The monoisotopic (exact) mass is 298 g/mol. The molecule has 3 rings (SSSR count). The maximum atomic E-state index is 12.8. The quantitative estimate of drug-likeness (QED) is 0.837. The largest absolute Gasteiger partial charge is 0.333 e. The number of nitriles is 1. The predicted molar refractivity (Wildman–Crippen MR) is 83.4 cm³/mol. The lowest BCUT2D eigenvalue weighted by atomic mass is 10.0. The van der Waals surface area contributed by atoms with Gasteiger partial charge in [-0.15, -0.1) is 0 Å². The van der Waals surface area contributed by atoms with Crippen LogP contribution >= 0.6 is 0 Å². The SMILES string of the molecule is Cc1nc(C(=O)N2CCC[C@H]2[C@H]2CCCN2C)ccc1C#N. The van der Waals surface area contributed by atoms with E-state index in [4.69, 9.17) is 5.26 Å². The van der Waals surface area contributed by atoms with Crippen molar-refractivity contribution in [1.29, 1.82) is 5.26 Å². The van der Waals surface area contributed by atoms with Gasteiger partial charge in [0.05, 0.1) is 11.3 Å². The molecule has 0 radical (unpaired) electrons. The predicted octanol–water partition coefficient (Wildman–Crippen LogP) is 1.96. The molecule has 5 heteroatoms. The van der Waals surface area contributed by atoms with Crippen molar-refractivity contribution in [3.8, 4) is 6.07 Å². The second-order valence-electron chi connectivity index (χ2n) is 6.34. The van der Waals surface area contributed by atoms with E-state index in [1.54, 1.807) is 19.1 Å². The van der Waals surface area contributed by atoms with Crippen molar-refractivity contribution in [1.82, 2.24) is 14.8 Å². The first-order valence-electron chi connectivity index (χ1n) is 8.01. The Morgan fingerprint density at radius 2 is 2.00 bits per heavy atom. The van der Waals surface area contributed by atoms with Gasteiger partial charge in [-0.1, -0.05) is 0 Å². The van der Waals surface area contributed by atoms with Gasteiger partial charge in [0.1, 0.15) is 11.8 Å². The highest BCUT2D eigenvalue weighted by atomic mass is 16.2. The fourth-order valence-corrected chi connectivity index (χ4v) is 3.81. The number of aryl methyl sites for hydroxylation is 1. The van der Waals surface area contributed by atoms with E-state index in [2.05, 4.69) is 23.0 Å². The van der Waals surface area contributed by atoms with Crippen LogP contribution in [0.5, 0.6) is 0 Å². The van der Waals surface area contributed by atoms with Gasteiger partial charge in [0.15, 0.2) is 0 Å². The van der Waals surface area contributed by atoms with Crippen molar-refractivity contribution in [2.45, 2.75) is 44.7 Å². The van der Waals surface area contributed by atoms with E-state index in [9.17, 15) is 4.79 Å². The van der Waals surface area contributed by atoms with Crippen LogP contribution in [0.3, 0.4) is 0 Å². The highest BCUT2D eigenvalue weighted by molar-refractivity contribution is 5.93. The van der Waals surface area contributed by atoms with E-state index >= 15 is 0 Å². The molecule has 2 aliphatic heterocycles. The zero-order chi connectivity index (χ0) is 15.7. The molecule has 0 spiro atoms. The fourth-order valence-electron chi connectivity index (χ4n) is 3.81. The van der Waals surface area contributed by atoms with E-state index in [0.29, 0.717) is 29.0 Å². The molecule has 0 unspecified atom stereocenters. The van der Waals surface area contributed by atoms with Crippen LogP contribution in [0.15, 0.2) is 12.1 Å². The Hall–Kier alpha value is -1.93. The summed E-state index contributed by atoms with van der Waals surface area (Å²) < 4.78 is 0. The van der Waals surface area contributed by atoms with Crippen LogP contribution < -0.4 is 0 Å². The summed E-state index contributed by atoms with van der Waals surface area (Å²) in [5, 5.41) is 8.98. The molecule has 0 bridgehead atoms. The molecule has 0 N–H and O–H groups in total. The van der Waals surface area contributed by atoms with Gasteiger partial charge in [-0.25, -0.2) is 4.98 Å². The maximum absolute atomic E-state index is 12.8. The molecule has 2 saturated heterocycles. The number of carbonyl (C=O) groups excluding carboxylic acids is 1. The minimum Gasteiger partial charge on any atom is -0.333 e. The van der Waals surface area contributed by atoms with Crippen molar-refractivity contribution in [3.05, 3.63) is 29.1 Å². The Balaban J connectivity index is 1.82. The molecule has 2 atom stereocenters. The van der Waals surface area contributed by atoms with E-state index in [-0.39, 0.29) is 5.91 Å². The summed E-state index contributed by atoms with van der Waals surface area (Å²) in [5.41, 5.74) is 1.62. The van der Waals surface area contributed by atoms with E-state index in [0.717, 1.165) is 25.9 Å². The molecule has 1 aromatic rings. The average Bonchev–Trinajstić information content (AvgIpc) is 3.14. The minimum absolute atomic E-state index is 0.00962. The van der Waals surface area contributed by atoms with E-state index in [1.807, 2.05) is 4.90 Å². The number of pyridine rings is 1. The van der Waals surface area contributed by atoms with Gasteiger partial charge in [-0.2, -0.15) is 5.26 Å². The lowest BCUT2D eigenvalue weighted by Gasteiger charge is -2.33. The van der Waals surface area contributed by atoms with Gasteiger partial charge in [-0.3, -0.25) is 4.79 Å². The first-order chi connectivity index (χ1) is 10.6. The van der Waals surface area contributed by atoms with Crippen molar-refractivity contribution in [2.75, 3.05) is 20.1 Å². The van der Waals surface area contributed by atoms with Crippen LogP contribution in [-0.2, 0) is 0 Å². The number of likely N-dealkylation sites (tertiary alicyclic amines) is 2. The summed E-state index contributed by atoms with van der Waals surface area (Å²) in [6.07, 6.45) is 4.53. The minimum atomic E-state index is 0.00962. The standard InChI is InChI=1S/C17H22N4O/c1-12-13(11-18)7-8-14(19-12)17(22)21-10-4-6-16(21)15-5-3-9-20(15)2/h7-8,15-16H,3-6,9-10H2,1-2H3/t15-,16+/m1/s1. The molecule has 0 aliphatic carbocycles. The topological polar surface area (TPSA) is 60.2 Å². The van der Waals surface area contributed by atoms with Crippen molar-refractivity contribution in [2.24, 2.45) is 0 Å². The van der Waals surface area contributed by atoms with Gasteiger partial charge in [0, 0.05) is 18.6 Å². The Bertz CT molecular complexity index is 622. The zero-order valence-corrected chi connectivity index (χ0v) is 13.2. The summed E-state index contributed by atoms with van der Waals surface area (Å²) in [6.45, 7) is 3.72. The average molecular weight is 298 g/mol. The van der Waals surface area contributed by atoms with Crippen LogP contribution in [-0.4, -0.2) is 52.9 Å². The molecule has 0 saturated carbocycles. The van der Waals surface area contributed by atoms with Crippen molar-refractivity contribution < 1.29 is 4.79 Å². The molecule has 1 aromatic heterocycles. The molecule has 2 aliphatic rings. The number of aromatic nitrogens is 1. The second-order valence-corrected chi connectivity index (χ2v) is 6.34. The lowest BCUT2D eigenvalue weighted by molar-refractivity contribution is 0.0658. The normalized spacial score (nSPS) is 25.4. The van der Waals surface area contributed by atoms with Gasteiger partial charge >= 0.3 is 0 Å². The maximum Gasteiger partial charge on any atom is 0.272 e. The van der Waals surface area contributed by atoms with Crippen molar-refractivity contribution in [3.63, 3.8) is 0 Å². The molecule has 2 fully saturated rings. The van der Waals surface area contributed by atoms with Crippen LogP contribution in [0.1, 0.15) is 47.4 Å². The molecule has 1 amide bonds. The number of likely N-dealkylation sites (N-methyl/N-ethyl adjacent to an activating group) is 1. The second kappa shape index (κ2) is 6.05. The summed E-state index contributed by atoms with van der Waals surface area (Å²) in [5.74, 6) is 0.00962. The third-order valence-corrected chi connectivity index (χ3v) is 5.01. The molecule has 0 aromatic carbocycles. The fraction of sp³-hybridized carbons (Fsp3) is 0.588. The van der Waals surface area contributed by atoms with Crippen LogP contribution in [0, 0.1) is 18.3 Å². The zero-order valence-electron chi connectivity index (χ0n) is 13.2. The highest BCUT2D eigenvalue weighted by Crippen LogP contribution is 2.30. The number of rotatable bonds is 2. The van der Waals surface area contributed by atoms with Crippen LogP contribution in [0.25, 0.3) is 0 Å².